The number of alkyl halides is 6. The van der Waals surface area contributed by atoms with Gasteiger partial charge in [-0.1, -0.05) is 26.0 Å². The van der Waals surface area contributed by atoms with E-state index in [1.807, 2.05) is 36.4 Å². The second kappa shape index (κ2) is 18.0. The minimum absolute atomic E-state index is 0.0484. The standard InChI is InChI=1S/2C21H26F3NO3/c2*1-13-8-15-9-17(28-7-3-6-21(22,23)24)4-5-18(15)14(2)19(13)12-25-10-16(11-25)20(26)27/h2*4-5,9,13,16H,3,6-8,10-12H2,1-2H3,(H,26,27)/t2*13-/m10/s1. The first-order valence-electron chi connectivity index (χ1n) is 19.2. The van der Waals surface area contributed by atoms with Crippen LogP contribution in [0.4, 0.5) is 26.3 Å². The molecule has 2 atom stereocenters. The fourth-order valence-electron chi connectivity index (χ4n) is 8.05. The highest BCUT2D eigenvalue weighted by atomic mass is 19.4. The fourth-order valence-corrected chi connectivity index (χ4v) is 8.05. The quantitative estimate of drug-likeness (QED) is 0.145. The van der Waals surface area contributed by atoms with E-state index in [0.717, 1.165) is 48.2 Å². The van der Waals surface area contributed by atoms with Gasteiger partial charge in [0.2, 0.25) is 0 Å². The second-order valence-electron chi connectivity index (χ2n) is 15.7. The molecule has 2 aromatic carbocycles. The van der Waals surface area contributed by atoms with Crippen LogP contribution in [0, 0.1) is 23.7 Å². The monoisotopic (exact) mass is 794 g/mol. The molecular weight excluding hydrogens is 742 g/mol. The first-order chi connectivity index (χ1) is 26.3. The molecule has 0 bridgehead atoms. The predicted octanol–water partition coefficient (Wildman–Crippen LogP) is 8.78. The second-order valence-corrected chi connectivity index (χ2v) is 15.7. The van der Waals surface area contributed by atoms with Crippen LogP contribution in [0.5, 0.6) is 11.5 Å². The molecule has 0 radical (unpaired) electrons. The van der Waals surface area contributed by atoms with E-state index in [4.69, 9.17) is 19.7 Å². The van der Waals surface area contributed by atoms with Crippen molar-refractivity contribution in [3.63, 3.8) is 0 Å². The number of carbonyl (C=O) groups is 2. The molecule has 2 saturated heterocycles. The molecule has 4 aliphatic rings. The largest absolute Gasteiger partial charge is 0.494 e. The number of hydrogen-bond donors (Lipinski definition) is 2. The molecule has 0 spiro atoms. The lowest BCUT2D eigenvalue weighted by Gasteiger charge is -2.39. The number of nitrogens with zero attached hydrogens (tertiary/aromatic N) is 2. The van der Waals surface area contributed by atoms with Crippen LogP contribution in [0.2, 0.25) is 0 Å². The van der Waals surface area contributed by atoms with Gasteiger partial charge in [-0.05, 0) is 120 Å². The van der Waals surface area contributed by atoms with Crippen LogP contribution in [-0.4, -0.2) is 96.8 Å². The van der Waals surface area contributed by atoms with Gasteiger partial charge in [-0.25, -0.2) is 0 Å². The Morgan fingerprint density at radius 2 is 1.02 bits per heavy atom. The summed E-state index contributed by atoms with van der Waals surface area (Å²) in [6.45, 7) is 12.5. The highest BCUT2D eigenvalue weighted by Crippen LogP contribution is 2.39. The zero-order valence-corrected chi connectivity index (χ0v) is 32.4. The van der Waals surface area contributed by atoms with E-state index in [1.165, 1.54) is 22.3 Å². The van der Waals surface area contributed by atoms with Crippen LogP contribution in [0.15, 0.2) is 47.5 Å². The molecule has 308 valence electrons. The fraction of sp³-hybridized carbons (Fsp3) is 0.571. The Kier molecular flexibility index (Phi) is 13.9. The maximum absolute atomic E-state index is 12.2. The van der Waals surface area contributed by atoms with Crippen molar-refractivity contribution in [1.82, 2.24) is 9.80 Å². The van der Waals surface area contributed by atoms with Gasteiger partial charge < -0.3 is 19.7 Å². The first-order valence-corrected chi connectivity index (χ1v) is 19.2. The summed E-state index contributed by atoms with van der Waals surface area (Å²) in [5, 5.41) is 18.1. The Balaban J connectivity index is 0.000000214. The van der Waals surface area contributed by atoms with Gasteiger partial charge in [0.25, 0.3) is 0 Å². The predicted molar refractivity (Wildman–Crippen MR) is 201 cm³/mol. The third-order valence-electron chi connectivity index (χ3n) is 11.3. The third-order valence-corrected chi connectivity index (χ3v) is 11.3. The Hall–Kier alpha value is -4.04. The van der Waals surface area contributed by atoms with E-state index in [9.17, 15) is 35.9 Å². The van der Waals surface area contributed by atoms with Crippen LogP contribution >= 0.6 is 0 Å². The zero-order valence-electron chi connectivity index (χ0n) is 32.4. The molecule has 0 saturated carbocycles. The number of benzene rings is 2. The molecule has 2 heterocycles. The summed E-state index contributed by atoms with van der Waals surface area (Å²) >= 11 is 0. The number of hydrogen-bond acceptors (Lipinski definition) is 6. The molecular formula is C42H52F6N2O6. The van der Waals surface area contributed by atoms with Gasteiger partial charge >= 0.3 is 24.3 Å². The summed E-state index contributed by atoms with van der Waals surface area (Å²) in [4.78, 5) is 26.3. The lowest BCUT2D eigenvalue weighted by molar-refractivity contribution is -0.148. The summed E-state index contributed by atoms with van der Waals surface area (Å²) in [6.07, 6.45) is -8.36. The van der Waals surface area contributed by atoms with Gasteiger partial charge in [0, 0.05) is 52.1 Å². The number of fused-ring (bicyclic) bond motifs is 2. The molecule has 0 unspecified atom stereocenters. The summed E-state index contributed by atoms with van der Waals surface area (Å²) in [6, 6.07) is 11.5. The van der Waals surface area contributed by atoms with Crippen LogP contribution in [0.25, 0.3) is 11.1 Å². The maximum atomic E-state index is 12.2. The first kappa shape index (κ1) is 43.1. The van der Waals surface area contributed by atoms with Crippen LogP contribution in [0.1, 0.15) is 75.6 Å². The minimum Gasteiger partial charge on any atom is -0.494 e. The molecule has 2 aliphatic heterocycles. The molecule has 56 heavy (non-hydrogen) atoms. The lowest BCUT2D eigenvalue weighted by Crippen LogP contribution is -2.51. The molecule has 2 fully saturated rings. The molecule has 8 nitrogen and oxygen atoms in total. The highest BCUT2D eigenvalue weighted by molar-refractivity contribution is 5.75. The van der Waals surface area contributed by atoms with E-state index in [1.54, 1.807) is 0 Å². The van der Waals surface area contributed by atoms with Crippen LogP contribution in [0.3, 0.4) is 0 Å². The summed E-state index contributed by atoms with van der Waals surface area (Å²) in [5.74, 6) is -0.103. The number of allylic oxidation sites excluding steroid dienone is 2. The summed E-state index contributed by atoms with van der Waals surface area (Å²) in [5.41, 5.74) is 9.65. The van der Waals surface area contributed by atoms with Gasteiger partial charge in [0.05, 0.1) is 25.0 Å². The zero-order chi connectivity index (χ0) is 40.9. The lowest BCUT2D eigenvalue weighted by atomic mass is 9.79. The number of halogens is 6. The summed E-state index contributed by atoms with van der Waals surface area (Å²) < 4.78 is 84.3. The van der Waals surface area contributed by atoms with Crippen LogP contribution < -0.4 is 9.47 Å². The van der Waals surface area contributed by atoms with Gasteiger partial charge in [0.15, 0.2) is 0 Å². The number of likely N-dealkylation sites (tertiary alicyclic amines) is 2. The van der Waals surface area contributed by atoms with Gasteiger partial charge in [-0.3, -0.25) is 19.4 Å². The van der Waals surface area contributed by atoms with Gasteiger partial charge in [-0.15, -0.1) is 0 Å². The molecule has 2 aliphatic carbocycles. The number of carboxylic acid groups (broad SMARTS) is 2. The van der Waals surface area contributed by atoms with E-state index in [2.05, 4.69) is 37.5 Å². The van der Waals surface area contributed by atoms with Crippen molar-refractivity contribution in [2.75, 3.05) is 52.5 Å². The van der Waals surface area contributed by atoms with Gasteiger partial charge in [0.1, 0.15) is 11.5 Å². The van der Waals surface area contributed by atoms with Crippen molar-refractivity contribution in [3.8, 4) is 11.5 Å². The molecule has 14 heteroatoms. The number of aliphatic carboxylic acids is 2. The van der Waals surface area contributed by atoms with Crippen molar-refractivity contribution in [3.05, 3.63) is 69.8 Å². The molecule has 0 aromatic heterocycles. The Morgan fingerprint density at radius 1 is 0.661 bits per heavy atom. The van der Waals surface area contributed by atoms with Crippen LogP contribution in [-0.2, 0) is 22.4 Å². The topological polar surface area (TPSA) is 99.5 Å². The molecule has 2 N–H and O–H groups in total. The molecule has 6 rings (SSSR count). The number of rotatable bonds is 14. The summed E-state index contributed by atoms with van der Waals surface area (Å²) in [7, 11) is 0. The maximum Gasteiger partial charge on any atom is 0.389 e. The van der Waals surface area contributed by atoms with Crippen molar-refractivity contribution in [1.29, 1.82) is 0 Å². The number of carboxylic acids is 2. The number of ether oxygens (including phenoxy) is 2. The van der Waals surface area contributed by atoms with E-state index in [0.29, 0.717) is 49.5 Å². The van der Waals surface area contributed by atoms with Gasteiger partial charge in [-0.2, -0.15) is 26.3 Å². The van der Waals surface area contributed by atoms with Crippen molar-refractivity contribution in [2.45, 2.75) is 78.6 Å². The van der Waals surface area contributed by atoms with E-state index in [-0.39, 0.29) is 37.9 Å². The smallest absolute Gasteiger partial charge is 0.389 e. The highest BCUT2D eigenvalue weighted by Gasteiger charge is 2.36. The Morgan fingerprint density at radius 3 is 1.34 bits per heavy atom. The van der Waals surface area contributed by atoms with Crippen molar-refractivity contribution in [2.24, 2.45) is 23.7 Å². The third kappa shape index (κ3) is 11.5. The SMILES string of the molecule is CC1=C(CN2CC(C(=O)O)C2)[C@@H](C)Cc2cc(OCCCC(F)(F)F)ccc21.CC1=C(CN2CC(C(=O)O)C2)[C@H](C)Cc2cc(OCCCC(F)(F)F)ccc21. The van der Waals surface area contributed by atoms with Crippen molar-refractivity contribution >= 4 is 23.1 Å². The molecule has 0 amide bonds. The average molecular weight is 795 g/mol. The van der Waals surface area contributed by atoms with Crippen molar-refractivity contribution < 1.29 is 55.6 Å². The van der Waals surface area contributed by atoms with E-state index >= 15 is 0 Å². The Bertz CT molecular complexity index is 1660. The Labute approximate surface area is 324 Å². The normalized spacial score (nSPS) is 20.7. The average Bonchev–Trinajstić information content (AvgIpc) is 3.05. The minimum atomic E-state index is -4.14. The van der Waals surface area contributed by atoms with E-state index < -0.39 is 37.1 Å². The molecule has 2 aromatic rings.